The van der Waals surface area contributed by atoms with E-state index >= 15 is 0 Å². The van der Waals surface area contributed by atoms with Crippen LogP contribution in [-0.2, 0) is 0 Å². The number of fused-ring (bicyclic) bond motifs is 7. The van der Waals surface area contributed by atoms with E-state index in [4.69, 9.17) is 9.97 Å². The molecule has 0 saturated heterocycles. The lowest BCUT2D eigenvalue weighted by molar-refractivity contribution is 1.18. The van der Waals surface area contributed by atoms with E-state index in [1.807, 2.05) is 12.1 Å². The molecule has 0 saturated carbocycles. The number of para-hydroxylation sites is 3. The second-order valence-corrected chi connectivity index (χ2v) is 15.4. The van der Waals surface area contributed by atoms with Crippen LogP contribution >= 0.6 is 0 Å². The summed E-state index contributed by atoms with van der Waals surface area (Å²) in [4.78, 5) is 10.3. The van der Waals surface area contributed by atoms with Crippen LogP contribution in [0.15, 0.2) is 218 Å². The van der Waals surface area contributed by atoms with Crippen molar-refractivity contribution in [3.8, 4) is 56.4 Å². The van der Waals surface area contributed by atoms with Gasteiger partial charge in [-0.3, -0.25) is 0 Å². The summed E-state index contributed by atoms with van der Waals surface area (Å²) in [7, 11) is 0. The second kappa shape index (κ2) is 13.8. The largest absolute Gasteiger partial charge is 0.309 e. The summed E-state index contributed by atoms with van der Waals surface area (Å²) in [5, 5.41) is 7.24. The fourth-order valence-corrected chi connectivity index (χ4v) is 9.04. The molecule has 0 aliphatic carbocycles. The Morgan fingerprint density at radius 3 is 1.48 bits per heavy atom. The lowest BCUT2D eigenvalue weighted by Crippen LogP contribution is -1.96. The average molecular weight is 765 g/mol. The van der Waals surface area contributed by atoms with E-state index < -0.39 is 0 Å². The van der Waals surface area contributed by atoms with E-state index in [-0.39, 0.29) is 0 Å². The van der Waals surface area contributed by atoms with Crippen molar-refractivity contribution in [2.75, 3.05) is 0 Å². The molecule has 280 valence electrons. The van der Waals surface area contributed by atoms with Crippen molar-refractivity contribution in [1.82, 2.24) is 19.1 Å². The zero-order valence-corrected chi connectivity index (χ0v) is 32.6. The van der Waals surface area contributed by atoms with Crippen LogP contribution in [0.3, 0.4) is 0 Å². The van der Waals surface area contributed by atoms with E-state index in [2.05, 4.69) is 215 Å². The van der Waals surface area contributed by atoms with Crippen molar-refractivity contribution in [3.05, 3.63) is 218 Å². The predicted octanol–water partition coefficient (Wildman–Crippen LogP) is 14.5. The number of hydrogen-bond acceptors (Lipinski definition) is 2. The Kier molecular flexibility index (Phi) is 7.82. The fraction of sp³-hybridized carbons (Fsp3) is 0. The van der Waals surface area contributed by atoms with Gasteiger partial charge in [0.15, 0.2) is 5.82 Å². The van der Waals surface area contributed by atoms with Crippen LogP contribution in [-0.4, -0.2) is 19.1 Å². The minimum Gasteiger partial charge on any atom is -0.309 e. The molecule has 0 amide bonds. The Hall–Kier alpha value is -8.08. The summed E-state index contributed by atoms with van der Waals surface area (Å²) in [5.74, 6) is 0.702. The molecule has 60 heavy (non-hydrogen) atoms. The zero-order chi connectivity index (χ0) is 39.6. The third-order valence-electron chi connectivity index (χ3n) is 11.9. The zero-order valence-electron chi connectivity index (χ0n) is 32.6. The van der Waals surface area contributed by atoms with Crippen molar-refractivity contribution in [2.45, 2.75) is 0 Å². The number of hydrogen-bond donors (Lipinski definition) is 0. The Morgan fingerprint density at radius 1 is 0.267 bits per heavy atom. The van der Waals surface area contributed by atoms with Gasteiger partial charge in [-0.2, -0.15) is 0 Å². The van der Waals surface area contributed by atoms with Gasteiger partial charge >= 0.3 is 0 Å². The van der Waals surface area contributed by atoms with Crippen LogP contribution in [0.1, 0.15) is 0 Å². The highest BCUT2D eigenvalue weighted by Gasteiger charge is 2.17. The molecule has 12 aromatic rings. The molecular weight excluding hydrogens is 729 g/mol. The number of rotatable bonds is 6. The average Bonchev–Trinajstić information content (AvgIpc) is 3.84. The monoisotopic (exact) mass is 764 g/mol. The van der Waals surface area contributed by atoms with Crippen molar-refractivity contribution >= 4 is 54.4 Å². The van der Waals surface area contributed by atoms with Gasteiger partial charge in [-0.25, -0.2) is 9.97 Å². The molecule has 0 aliphatic rings. The molecule has 0 radical (unpaired) electrons. The number of aromatic nitrogens is 4. The van der Waals surface area contributed by atoms with Gasteiger partial charge in [0.05, 0.1) is 33.5 Å². The predicted molar refractivity (Wildman–Crippen MR) is 250 cm³/mol. The van der Waals surface area contributed by atoms with Gasteiger partial charge < -0.3 is 9.13 Å². The van der Waals surface area contributed by atoms with E-state index in [1.54, 1.807) is 0 Å². The lowest BCUT2D eigenvalue weighted by Gasteiger charge is -2.12. The van der Waals surface area contributed by atoms with E-state index in [9.17, 15) is 0 Å². The van der Waals surface area contributed by atoms with E-state index in [0.717, 1.165) is 50.2 Å². The molecule has 0 bridgehead atoms. The van der Waals surface area contributed by atoms with Crippen LogP contribution in [0.25, 0.3) is 111 Å². The summed E-state index contributed by atoms with van der Waals surface area (Å²) in [6.45, 7) is 0. The van der Waals surface area contributed by atoms with Crippen LogP contribution in [0, 0.1) is 0 Å². The maximum Gasteiger partial charge on any atom is 0.160 e. The molecule has 9 aromatic carbocycles. The Balaban J connectivity index is 1.00. The molecule has 4 heteroatoms. The van der Waals surface area contributed by atoms with Crippen LogP contribution in [0.4, 0.5) is 0 Å². The second-order valence-electron chi connectivity index (χ2n) is 15.4. The van der Waals surface area contributed by atoms with Gasteiger partial charge in [-0.15, -0.1) is 0 Å². The van der Waals surface area contributed by atoms with Gasteiger partial charge in [0.25, 0.3) is 0 Å². The first-order chi connectivity index (χ1) is 29.7. The molecule has 12 rings (SSSR count). The van der Waals surface area contributed by atoms with Crippen molar-refractivity contribution in [3.63, 3.8) is 0 Å². The van der Waals surface area contributed by atoms with Crippen LogP contribution in [0.2, 0.25) is 0 Å². The van der Waals surface area contributed by atoms with E-state index in [0.29, 0.717) is 5.82 Å². The van der Waals surface area contributed by atoms with Gasteiger partial charge in [-0.1, -0.05) is 152 Å². The van der Waals surface area contributed by atoms with Gasteiger partial charge in [-0.05, 0) is 88.6 Å². The summed E-state index contributed by atoms with van der Waals surface area (Å²) < 4.78 is 4.79. The number of benzene rings is 9. The minimum atomic E-state index is 0.702. The van der Waals surface area contributed by atoms with Crippen LogP contribution < -0.4 is 0 Å². The summed E-state index contributed by atoms with van der Waals surface area (Å²) in [6.07, 6.45) is 0. The molecule has 0 unspecified atom stereocenters. The topological polar surface area (TPSA) is 35.6 Å². The maximum atomic E-state index is 5.13. The SMILES string of the molecule is c1ccc(-c2cc(-c3ccccc3)nc(-c3ccc4ccc(-n5c6ccccc6c6ccc(-c7ccc8c(c7)c7ccccc7n8-c7ccccc7)cc65)cc4c3)n2)cc1. The molecule has 0 spiro atoms. The maximum absolute atomic E-state index is 5.13. The summed E-state index contributed by atoms with van der Waals surface area (Å²) in [5.41, 5.74) is 14.3. The first-order valence-corrected chi connectivity index (χ1v) is 20.4. The van der Waals surface area contributed by atoms with Crippen molar-refractivity contribution < 1.29 is 0 Å². The Bertz CT molecular complexity index is 3530. The molecular formula is C56H36N4. The highest BCUT2D eigenvalue weighted by Crippen LogP contribution is 2.39. The third-order valence-corrected chi connectivity index (χ3v) is 11.9. The van der Waals surface area contributed by atoms with E-state index in [1.165, 1.54) is 54.7 Å². The summed E-state index contributed by atoms with van der Waals surface area (Å²) >= 11 is 0. The lowest BCUT2D eigenvalue weighted by atomic mass is 10.0. The normalized spacial score (nSPS) is 11.7. The standard InChI is InChI=1S/C56H36N4/c1-4-14-38(15-5-1)50-36-51(39-16-6-2-7-17-39)58-56(57-50)42-25-24-37-26-29-45(33-43(37)32-42)60-52-22-12-10-20-46(52)48-30-27-41(35-55(48)60)40-28-31-54-49(34-40)47-21-11-13-23-53(47)59(54)44-18-8-3-9-19-44/h1-36H. The number of nitrogens with zero attached hydrogens (tertiary/aromatic N) is 4. The van der Waals surface area contributed by atoms with Crippen molar-refractivity contribution in [2.24, 2.45) is 0 Å². The van der Waals surface area contributed by atoms with Crippen LogP contribution in [0.5, 0.6) is 0 Å². The molecule has 3 aromatic heterocycles. The fourth-order valence-electron chi connectivity index (χ4n) is 9.04. The van der Waals surface area contributed by atoms with Gasteiger partial charge in [0.1, 0.15) is 0 Å². The highest BCUT2D eigenvalue weighted by atomic mass is 15.0. The molecule has 4 nitrogen and oxygen atoms in total. The smallest absolute Gasteiger partial charge is 0.160 e. The summed E-state index contributed by atoms with van der Waals surface area (Å²) in [6, 6.07) is 78.1. The minimum absolute atomic E-state index is 0.702. The quantitative estimate of drug-likeness (QED) is 0.169. The first kappa shape index (κ1) is 34.0. The molecule has 0 atom stereocenters. The third kappa shape index (κ3) is 5.61. The molecule has 3 heterocycles. The highest BCUT2D eigenvalue weighted by molar-refractivity contribution is 6.12. The Labute approximate surface area is 346 Å². The first-order valence-electron chi connectivity index (χ1n) is 20.4. The van der Waals surface area contributed by atoms with Gasteiger partial charge in [0, 0.05) is 49.6 Å². The molecule has 0 fully saturated rings. The van der Waals surface area contributed by atoms with Gasteiger partial charge in [0.2, 0.25) is 0 Å². The molecule has 0 N–H and O–H groups in total. The van der Waals surface area contributed by atoms with Crippen molar-refractivity contribution in [1.29, 1.82) is 0 Å². The Morgan fingerprint density at radius 2 is 0.783 bits per heavy atom. The molecule has 0 aliphatic heterocycles.